The number of carbonyl (C=O) groups is 1. The third-order valence-electron chi connectivity index (χ3n) is 3.05. The van der Waals surface area contributed by atoms with Crippen LogP contribution >= 0.6 is 0 Å². The number of para-hydroxylation sites is 2. The van der Waals surface area contributed by atoms with E-state index in [9.17, 15) is 4.79 Å². The van der Waals surface area contributed by atoms with Gasteiger partial charge in [0.15, 0.2) is 18.1 Å². The Morgan fingerprint density at radius 1 is 0.875 bits per heavy atom. The second-order valence-electron chi connectivity index (χ2n) is 4.69. The topological polar surface area (TPSA) is 63.2 Å². The van der Waals surface area contributed by atoms with Crippen LogP contribution in [0.1, 0.15) is 6.92 Å². The lowest BCUT2D eigenvalue weighted by atomic mass is 10.3. The lowest BCUT2D eigenvalue weighted by Gasteiger charge is -2.12. The van der Waals surface area contributed by atoms with Crippen molar-refractivity contribution in [1.82, 2.24) is 0 Å². The van der Waals surface area contributed by atoms with Crippen molar-refractivity contribution in [2.45, 2.75) is 6.92 Å². The Balaban J connectivity index is 1.99. The molecule has 0 aliphatic carbocycles. The molecule has 2 aromatic rings. The van der Waals surface area contributed by atoms with E-state index in [0.29, 0.717) is 35.4 Å². The van der Waals surface area contributed by atoms with Crippen molar-refractivity contribution in [2.24, 2.45) is 0 Å². The molecule has 128 valence electrons. The maximum Gasteiger partial charge on any atom is 0.349 e. The van der Waals surface area contributed by atoms with Crippen LogP contribution in [0.25, 0.3) is 0 Å². The molecule has 24 heavy (non-hydrogen) atoms. The van der Waals surface area contributed by atoms with Crippen molar-refractivity contribution < 1.29 is 28.5 Å². The highest BCUT2D eigenvalue weighted by molar-refractivity contribution is 5.74. The zero-order chi connectivity index (χ0) is 17.4. The van der Waals surface area contributed by atoms with Crippen LogP contribution in [0, 0.1) is 0 Å². The van der Waals surface area contributed by atoms with Gasteiger partial charge < -0.3 is 23.7 Å². The molecule has 0 amide bonds. The summed E-state index contributed by atoms with van der Waals surface area (Å²) in [4.78, 5) is 12.0. The molecule has 0 bridgehead atoms. The smallest absolute Gasteiger partial charge is 0.349 e. The Morgan fingerprint density at radius 3 is 1.96 bits per heavy atom. The highest BCUT2D eigenvalue weighted by atomic mass is 16.6. The fourth-order valence-corrected chi connectivity index (χ4v) is 1.98. The molecule has 0 aromatic heterocycles. The molecule has 0 radical (unpaired) electrons. The summed E-state index contributed by atoms with van der Waals surface area (Å²) < 4.78 is 26.4. The summed E-state index contributed by atoms with van der Waals surface area (Å²) in [5.41, 5.74) is 0. The molecule has 6 nitrogen and oxygen atoms in total. The standard InChI is InChI=1S/C18H20O6/c1-4-22-16-7-5-6-8-17(16)23-12-18(19)24-15-10-13(20-2)9-14(11-15)21-3/h5-11H,4,12H2,1-3H3. The van der Waals surface area contributed by atoms with E-state index in [2.05, 4.69) is 0 Å². The van der Waals surface area contributed by atoms with E-state index in [1.807, 2.05) is 13.0 Å². The van der Waals surface area contributed by atoms with Gasteiger partial charge in [-0.05, 0) is 19.1 Å². The summed E-state index contributed by atoms with van der Waals surface area (Å²) in [6.45, 7) is 2.14. The third kappa shape index (κ3) is 4.81. The monoisotopic (exact) mass is 332 g/mol. The van der Waals surface area contributed by atoms with E-state index in [1.165, 1.54) is 14.2 Å². The Hall–Kier alpha value is -2.89. The number of methoxy groups -OCH3 is 2. The van der Waals surface area contributed by atoms with Crippen LogP contribution in [-0.4, -0.2) is 33.4 Å². The minimum atomic E-state index is -0.545. The highest BCUT2D eigenvalue weighted by Gasteiger charge is 2.11. The SMILES string of the molecule is CCOc1ccccc1OCC(=O)Oc1cc(OC)cc(OC)c1. The highest BCUT2D eigenvalue weighted by Crippen LogP contribution is 2.28. The largest absolute Gasteiger partial charge is 0.496 e. The Kier molecular flexibility index (Phi) is 6.31. The average Bonchev–Trinajstić information content (AvgIpc) is 2.60. The van der Waals surface area contributed by atoms with E-state index in [1.54, 1.807) is 36.4 Å². The molecule has 0 saturated carbocycles. The number of esters is 1. The fourth-order valence-electron chi connectivity index (χ4n) is 1.98. The zero-order valence-corrected chi connectivity index (χ0v) is 13.9. The number of hydrogen-bond acceptors (Lipinski definition) is 6. The van der Waals surface area contributed by atoms with Gasteiger partial charge in [-0.2, -0.15) is 0 Å². The minimum absolute atomic E-state index is 0.246. The van der Waals surface area contributed by atoms with Crippen molar-refractivity contribution in [3.63, 3.8) is 0 Å². The van der Waals surface area contributed by atoms with Gasteiger partial charge >= 0.3 is 5.97 Å². The minimum Gasteiger partial charge on any atom is -0.496 e. The molecular weight excluding hydrogens is 312 g/mol. The lowest BCUT2D eigenvalue weighted by molar-refractivity contribution is -0.136. The van der Waals surface area contributed by atoms with Gasteiger partial charge in [-0.15, -0.1) is 0 Å². The van der Waals surface area contributed by atoms with Gasteiger partial charge in [0.25, 0.3) is 0 Å². The third-order valence-corrected chi connectivity index (χ3v) is 3.05. The van der Waals surface area contributed by atoms with Crippen LogP contribution in [-0.2, 0) is 4.79 Å². The van der Waals surface area contributed by atoms with Gasteiger partial charge in [-0.3, -0.25) is 0 Å². The van der Waals surface area contributed by atoms with Crippen LogP contribution in [0.5, 0.6) is 28.7 Å². The maximum absolute atomic E-state index is 12.0. The summed E-state index contributed by atoms with van der Waals surface area (Å²) in [5.74, 6) is 1.89. The van der Waals surface area contributed by atoms with E-state index < -0.39 is 5.97 Å². The van der Waals surface area contributed by atoms with Crippen LogP contribution < -0.4 is 23.7 Å². The first-order chi connectivity index (χ1) is 11.7. The van der Waals surface area contributed by atoms with Crippen molar-refractivity contribution in [2.75, 3.05) is 27.4 Å². The first kappa shape index (κ1) is 17.5. The van der Waals surface area contributed by atoms with Gasteiger partial charge in [-0.1, -0.05) is 12.1 Å². The van der Waals surface area contributed by atoms with Crippen molar-refractivity contribution in [1.29, 1.82) is 0 Å². The van der Waals surface area contributed by atoms with Crippen LogP contribution in [0.2, 0.25) is 0 Å². The summed E-state index contributed by atoms with van der Waals surface area (Å²) in [6, 6.07) is 12.0. The van der Waals surface area contributed by atoms with E-state index in [0.717, 1.165) is 0 Å². The Morgan fingerprint density at radius 2 is 1.42 bits per heavy atom. The van der Waals surface area contributed by atoms with Gasteiger partial charge in [0.05, 0.1) is 20.8 Å². The average molecular weight is 332 g/mol. The molecule has 0 fully saturated rings. The normalized spacial score (nSPS) is 9.96. The number of carbonyl (C=O) groups excluding carboxylic acids is 1. The molecule has 2 aromatic carbocycles. The number of rotatable bonds is 8. The molecule has 0 unspecified atom stereocenters. The molecule has 2 rings (SSSR count). The Bertz CT molecular complexity index is 661. The molecule has 0 atom stereocenters. The molecule has 6 heteroatoms. The molecule has 0 heterocycles. The van der Waals surface area contributed by atoms with E-state index in [4.69, 9.17) is 23.7 Å². The molecule has 0 spiro atoms. The molecule has 0 N–H and O–H groups in total. The second kappa shape index (κ2) is 8.67. The fraction of sp³-hybridized carbons (Fsp3) is 0.278. The van der Waals surface area contributed by atoms with Gasteiger partial charge in [0.2, 0.25) is 0 Å². The molecule has 0 aliphatic rings. The van der Waals surface area contributed by atoms with Crippen molar-refractivity contribution in [3.8, 4) is 28.7 Å². The van der Waals surface area contributed by atoms with Crippen LogP contribution in [0.3, 0.4) is 0 Å². The summed E-state index contributed by atoms with van der Waals surface area (Å²) >= 11 is 0. The molecule has 0 saturated heterocycles. The summed E-state index contributed by atoms with van der Waals surface area (Å²) in [7, 11) is 3.04. The van der Waals surface area contributed by atoms with Gasteiger partial charge in [-0.25, -0.2) is 4.79 Å². The first-order valence-corrected chi connectivity index (χ1v) is 7.44. The number of hydrogen-bond donors (Lipinski definition) is 0. The predicted octanol–water partition coefficient (Wildman–Crippen LogP) is 3.09. The molecule has 0 aliphatic heterocycles. The summed E-state index contributed by atoms with van der Waals surface area (Å²) in [5, 5.41) is 0. The lowest BCUT2D eigenvalue weighted by Crippen LogP contribution is -2.18. The Labute approximate surface area is 140 Å². The predicted molar refractivity (Wildman–Crippen MR) is 88.3 cm³/mol. The maximum atomic E-state index is 12.0. The van der Waals surface area contributed by atoms with Crippen LogP contribution in [0.15, 0.2) is 42.5 Å². The van der Waals surface area contributed by atoms with E-state index >= 15 is 0 Å². The van der Waals surface area contributed by atoms with Gasteiger partial charge in [0.1, 0.15) is 17.2 Å². The quantitative estimate of drug-likeness (QED) is 0.547. The second-order valence-corrected chi connectivity index (χ2v) is 4.69. The number of benzene rings is 2. The molecular formula is C18H20O6. The van der Waals surface area contributed by atoms with Crippen molar-refractivity contribution in [3.05, 3.63) is 42.5 Å². The summed E-state index contributed by atoms with van der Waals surface area (Å²) in [6.07, 6.45) is 0. The number of ether oxygens (including phenoxy) is 5. The van der Waals surface area contributed by atoms with E-state index in [-0.39, 0.29) is 6.61 Å². The first-order valence-electron chi connectivity index (χ1n) is 7.44. The van der Waals surface area contributed by atoms with Crippen LogP contribution in [0.4, 0.5) is 0 Å². The zero-order valence-electron chi connectivity index (χ0n) is 13.9. The van der Waals surface area contributed by atoms with Gasteiger partial charge in [0, 0.05) is 18.2 Å². The van der Waals surface area contributed by atoms with Crippen molar-refractivity contribution >= 4 is 5.97 Å².